The lowest BCUT2D eigenvalue weighted by atomic mass is 9.71. The van der Waals surface area contributed by atoms with Gasteiger partial charge in [-0.1, -0.05) is 112 Å². The number of nitrogens with one attached hydrogen (secondary N) is 4. The zero-order valence-corrected chi connectivity index (χ0v) is 69.5. The van der Waals surface area contributed by atoms with Crippen LogP contribution in [0.15, 0.2) is 147 Å². The molecule has 5 heterocycles. The number of carbonyl (C=O) groups is 5. The van der Waals surface area contributed by atoms with Gasteiger partial charge >= 0.3 is 5.51 Å². The molecule has 30 heteroatoms. The van der Waals surface area contributed by atoms with Crippen LogP contribution in [-0.4, -0.2) is 221 Å². The van der Waals surface area contributed by atoms with Gasteiger partial charge in [-0.15, -0.1) is 23.1 Å². The number of aliphatic hydroxyl groups excluding tert-OH is 1. The first kappa shape index (κ1) is 86.4. The van der Waals surface area contributed by atoms with Crippen LogP contribution in [0, 0.1) is 17.8 Å². The minimum atomic E-state index is -6.12. The first-order valence-corrected chi connectivity index (χ1v) is 44.3. The highest BCUT2D eigenvalue weighted by atomic mass is 35.5. The minimum absolute atomic E-state index is 0.0187. The number of nitrogens with zero attached hydrogens (tertiary/aromatic N) is 7. The van der Waals surface area contributed by atoms with Gasteiger partial charge in [-0.3, -0.25) is 38.7 Å². The number of morpholine rings is 1. The molecule has 5 aliphatic rings. The molecule has 113 heavy (non-hydrogen) atoms. The summed E-state index contributed by atoms with van der Waals surface area (Å²) in [6, 6.07) is 31.3. The molecule has 1 aliphatic carbocycles. The van der Waals surface area contributed by atoms with E-state index < -0.39 is 82.3 Å². The fourth-order valence-corrected chi connectivity index (χ4v) is 19.8. The maximum atomic E-state index is 14.4. The predicted molar refractivity (Wildman–Crippen MR) is 438 cm³/mol. The summed E-state index contributed by atoms with van der Waals surface area (Å²) in [5.41, 5.74) is 2.36. The Balaban J connectivity index is 0.621. The number of thioether (sulfide) groups is 1. The standard InChI is InChI=1S/C83H107ClF3N11O11S4/c1-56-50-93(45-46-109-56)36-34-65(53-110-68-15-11-10-12-16-68)90-71-32-31-69(48-73(71)112(105,106)83(85,86)87)113(107,108)92-78(102)62-25-29-66(30-26-62)96-41-37-94(38-42-96)51-63-49-82(7,35-33-70(63)60-23-27-64(84)28-24-60)54-95-39-43-97(44-40-95)75(101)18-14-9-8-13-17-74(100)91-77(81(4,5)6)80(104)98-52-67(99)47-72(98)79(103)89-57(2)59-19-21-61(22-20-59)76-58(3)88-55-111-76/h10-12,15-16,19-32,48,55-57,65,67,72,77,90,99H,8-9,13-14,17-18,33-47,49-54H2,1-7H3,(H,89,103)(H,91,100)(H,92,102)/t56?,57-,65+,67+,72-,77+,82+/m0/s1. The summed E-state index contributed by atoms with van der Waals surface area (Å²) in [6.45, 7) is 23.3. The molecule has 4 saturated heterocycles. The number of rotatable bonds is 31. The van der Waals surface area contributed by atoms with Gasteiger partial charge in [0, 0.05) is 144 Å². The van der Waals surface area contributed by atoms with Gasteiger partial charge in [0.25, 0.3) is 25.8 Å². The monoisotopic (exact) mass is 1650 g/mol. The molecule has 0 radical (unpaired) electrons. The van der Waals surface area contributed by atoms with E-state index in [4.69, 9.17) is 16.3 Å². The van der Waals surface area contributed by atoms with Crippen LogP contribution in [0.1, 0.15) is 145 Å². The van der Waals surface area contributed by atoms with Gasteiger partial charge in [-0.2, -0.15) is 13.2 Å². The summed E-state index contributed by atoms with van der Waals surface area (Å²) in [5, 5.41) is 20.5. The number of hydrogen-bond donors (Lipinski definition) is 5. The quantitative estimate of drug-likeness (QED) is 0.0200. The number of halogens is 4. The summed E-state index contributed by atoms with van der Waals surface area (Å²) in [4.78, 5) is 85.8. The summed E-state index contributed by atoms with van der Waals surface area (Å²) >= 11 is 9.41. The predicted octanol–water partition coefficient (Wildman–Crippen LogP) is 12.5. The lowest BCUT2D eigenvalue weighted by Crippen LogP contribution is -2.57. The SMILES string of the molecule is Cc1ncsc1-c1ccc([C@H](C)NC(=O)[C@@H]2C[C@@H](O)CN2C(=O)[C@@H](NC(=O)CCCCCCC(=O)N2CCN(C[C@]3(C)CCC(c4ccc(Cl)cc4)=C(CN4CCN(c5ccc(C(=O)NS(=O)(=O)c6ccc(N[C@H](CCN7CCOC(C)C7)CSc7ccccc7)c(S(=O)(=O)C(F)(F)F)c6)cc5)CC4)C3)CC2)C(C)(C)C)cc1. The topological polar surface area (TPSA) is 264 Å². The average molecular weight is 1660 g/mol. The lowest BCUT2D eigenvalue weighted by molar-refractivity contribution is -0.144. The Morgan fingerprint density at radius 2 is 1.46 bits per heavy atom. The number of benzene rings is 5. The van der Waals surface area contributed by atoms with Crippen LogP contribution in [-0.2, 0) is 43.8 Å². The van der Waals surface area contributed by atoms with Crippen molar-refractivity contribution in [3.05, 3.63) is 160 Å². The normalized spacial score (nSPS) is 20.7. The number of sulfone groups is 1. The fourth-order valence-electron chi connectivity index (χ4n) is 15.8. The van der Waals surface area contributed by atoms with Gasteiger partial charge in [0.2, 0.25) is 23.6 Å². The molecule has 0 spiro atoms. The third-order valence-electron chi connectivity index (χ3n) is 22.2. The number of unbranched alkanes of at least 4 members (excludes halogenated alkanes) is 3. The Labute approximate surface area is 676 Å². The molecule has 22 nitrogen and oxygen atoms in total. The van der Waals surface area contributed by atoms with Crippen molar-refractivity contribution >= 4 is 101 Å². The van der Waals surface area contributed by atoms with E-state index >= 15 is 0 Å². The molecule has 0 bridgehead atoms. The van der Waals surface area contributed by atoms with E-state index in [0.29, 0.717) is 94.9 Å². The van der Waals surface area contributed by atoms with Crippen LogP contribution in [0.2, 0.25) is 5.02 Å². The molecule has 7 atom stereocenters. The van der Waals surface area contributed by atoms with E-state index in [0.717, 1.165) is 121 Å². The number of hydrogen-bond acceptors (Lipinski definition) is 19. The number of piperazine rings is 2. The van der Waals surface area contributed by atoms with Crippen LogP contribution in [0.25, 0.3) is 16.0 Å². The number of amides is 5. The average Bonchev–Trinajstić information content (AvgIpc) is 1.32. The molecule has 5 N–H and O–H groups in total. The van der Waals surface area contributed by atoms with Crippen LogP contribution < -0.4 is 25.6 Å². The van der Waals surface area contributed by atoms with Crippen molar-refractivity contribution in [2.24, 2.45) is 10.8 Å². The van der Waals surface area contributed by atoms with Crippen molar-refractivity contribution in [2.45, 2.75) is 176 Å². The van der Waals surface area contributed by atoms with Crippen LogP contribution in [0.3, 0.4) is 0 Å². The van der Waals surface area contributed by atoms with Crippen LogP contribution in [0.5, 0.6) is 0 Å². The molecule has 4 aliphatic heterocycles. The second kappa shape index (κ2) is 38.1. The number of alkyl halides is 3. The summed E-state index contributed by atoms with van der Waals surface area (Å²) in [6.07, 6.45) is 5.74. The zero-order valence-electron chi connectivity index (χ0n) is 65.5. The molecule has 5 amide bonds. The molecule has 612 valence electrons. The van der Waals surface area contributed by atoms with Crippen molar-refractivity contribution in [1.82, 2.24) is 44.8 Å². The summed E-state index contributed by atoms with van der Waals surface area (Å²) in [7, 11) is -11.0. The fraction of sp³-hybridized carbons (Fsp3) is 0.518. The number of β-amino-alcohol motifs (C(OH)–C–C–N with tert-alkyl or cyclic N) is 1. The molecule has 11 rings (SSSR count). The molecule has 4 fully saturated rings. The third kappa shape index (κ3) is 23.0. The number of aliphatic hydroxyl groups is 1. The maximum Gasteiger partial charge on any atom is 0.501 e. The van der Waals surface area contributed by atoms with Crippen molar-refractivity contribution < 1.29 is 63.8 Å². The summed E-state index contributed by atoms with van der Waals surface area (Å²) in [5.74, 6) is -1.65. The van der Waals surface area contributed by atoms with Crippen molar-refractivity contribution in [3.8, 4) is 10.4 Å². The second-order valence-electron chi connectivity index (χ2n) is 32.1. The van der Waals surface area contributed by atoms with E-state index in [1.54, 1.807) is 23.5 Å². The van der Waals surface area contributed by atoms with Gasteiger partial charge in [0.1, 0.15) is 17.0 Å². The number of allylic oxidation sites excluding steroid dienone is 1. The van der Waals surface area contributed by atoms with Crippen molar-refractivity contribution in [1.29, 1.82) is 0 Å². The Hall–Kier alpha value is -7.45. The van der Waals surface area contributed by atoms with Crippen LogP contribution in [0.4, 0.5) is 24.5 Å². The number of anilines is 2. The molecule has 1 aromatic heterocycles. The summed E-state index contributed by atoms with van der Waals surface area (Å²) < 4.78 is 105. The van der Waals surface area contributed by atoms with E-state index in [-0.39, 0.29) is 60.2 Å². The highest BCUT2D eigenvalue weighted by Crippen LogP contribution is 2.45. The number of likely N-dealkylation sites (tertiary alicyclic amines) is 1. The first-order chi connectivity index (χ1) is 53.7. The molecular weight excluding hydrogens is 1550 g/mol. The number of carbonyl (C=O) groups excluding carboxylic acids is 5. The Bertz CT molecular complexity index is 4540. The Morgan fingerprint density at radius 3 is 2.12 bits per heavy atom. The Morgan fingerprint density at radius 1 is 0.788 bits per heavy atom. The molecule has 5 aromatic carbocycles. The van der Waals surface area contributed by atoms with E-state index in [1.807, 2.05) is 123 Å². The van der Waals surface area contributed by atoms with Gasteiger partial charge in [-0.05, 0) is 159 Å². The number of aryl methyl sites for hydroxylation is 1. The van der Waals surface area contributed by atoms with Gasteiger partial charge in [0.15, 0.2) is 0 Å². The smallest absolute Gasteiger partial charge is 0.391 e. The number of sulfonamides is 1. The highest BCUT2D eigenvalue weighted by molar-refractivity contribution is 7.99. The highest BCUT2D eigenvalue weighted by Gasteiger charge is 2.49. The maximum absolute atomic E-state index is 14.4. The number of thiazole rings is 1. The van der Waals surface area contributed by atoms with Gasteiger partial charge < -0.3 is 40.5 Å². The second-order valence-corrected chi connectivity index (χ2v) is 38.1. The van der Waals surface area contributed by atoms with E-state index in [2.05, 4.69) is 59.6 Å². The van der Waals surface area contributed by atoms with Gasteiger partial charge in [-0.25, -0.2) is 26.5 Å². The number of ether oxygens (including phenoxy) is 1. The molecular formula is C83H107ClF3N11O11S4. The Kier molecular flexibility index (Phi) is 29.1. The zero-order chi connectivity index (χ0) is 81.0. The lowest BCUT2D eigenvalue weighted by Gasteiger charge is -2.44. The molecule has 6 aromatic rings. The minimum Gasteiger partial charge on any atom is -0.391 e. The van der Waals surface area contributed by atoms with Crippen molar-refractivity contribution in [2.75, 3.05) is 114 Å². The molecule has 0 saturated carbocycles. The number of aromatic nitrogens is 1. The van der Waals surface area contributed by atoms with E-state index in [9.17, 15) is 59.1 Å². The van der Waals surface area contributed by atoms with Crippen molar-refractivity contribution in [3.63, 3.8) is 0 Å². The van der Waals surface area contributed by atoms with E-state index in [1.165, 1.54) is 39.9 Å². The molecule has 1 unspecified atom stereocenters. The third-order valence-corrected chi connectivity index (χ3v) is 27.5. The van der Waals surface area contributed by atoms with Crippen LogP contribution >= 0.6 is 34.7 Å². The van der Waals surface area contributed by atoms with Gasteiger partial charge in [0.05, 0.1) is 51.5 Å². The largest absolute Gasteiger partial charge is 0.501 e. The first-order valence-electron chi connectivity index (χ1n) is 39.1.